The highest BCUT2D eigenvalue weighted by atomic mass is 35.5. The number of carbonyl (C=O) groups excluding carboxylic acids is 2. The molecule has 2 aromatic rings. The first-order chi connectivity index (χ1) is 14.0. The van der Waals surface area contributed by atoms with Gasteiger partial charge in [0.25, 0.3) is 11.7 Å². The van der Waals surface area contributed by atoms with E-state index in [-0.39, 0.29) is 11.3 Å². The summed E-state index contributed by atoms with van der Waals surface area (Å²) < 4.78 is 0. The van der Waals surface area contributed by atoms with Crippen molar-refractivity contribution in [2.24, 2.45) is 0 Å². The Hall–Kier alpha value is -2.70. The molecule has 1 aromatic heterocycles. The van der Waals surface area contributed by atoms with E-state index in [0.29, 0.717) is 23.7 Å². The van der Waals surface area contributed by atoms with Crippen molar-refractivity contribution in [3.63, 3.8) is 0 Å². The summed E-state index contributed by atoms with van der Waals surface area (Å²) in [5.41, 5.74) is 1.26. The standard InChI is InChI=1S/C22H24ClN3O3/c1-3-25(4-2)13-14-26-19(15-5-7-17(23)8-6-15)18(21(28)22(26)29)20(27)16-9-11-24-12-10-16/h5-12,19,27H,3-4,13-14H2,1-2H3/t19-/m0/s1. The quantitative estimate of drug-likeness (QED) is 0.427. The van der Waals surface area contributed by atoms with Crippen LogP contribution in [0.2, 0.25) is 5.02 Å². The fourth-order valence-electron chi connectivity index (χ4n) is 3.56. The maximum absolute atomic E-state index is 12.9. The minimum absolute atomic E-state index is 0.0862. The van der Waals surface area contributed by atoms with E-state index < -0.39 is 17.7 Å². The van der Waals surface area contributed by atoms with Crippen molar-refractivity contribution in [3.8, 4) is 0 Å². The van der Waals surface area contributed by atoms with Gasteiger partial charge in [-0.25, -0.2) is 0 Å². The maximum Gasteiger partial charge on any atom is 0.295 e. The van der Waals surface area contributed by atoms with Gasteiger partial charge in [0.05, 0.1) is 11.6 Å². The summed E-state index contributed by atoms with van der Waals surface area (Å²) in [6.45, 7) is 6.83. The SMILES string of the molecule is CCN(CC)CCN1C(=O)C(=O)C(=C(O)c2ccncc2)[C@@H]1c1ccc(Cl)cc1. The number of aliphatic hydroxyl groups excluding tert-OH is 1. The smallest absolute Gasteiger partial charge is 0.295 e. The van der Waals surface area contributed by atoms with Crippen LogP contribution in [0.3, 0.4) is 0 Å². The van der Waals surface area contributed by atoms with Crippen LogP contribution in [-0.2, 0) is 9.59 Å². The number of amides is 1. The molecular formula is C22H24ClN3O3. The van der Waals surface area contributed by atoms with Gasteiger partial charge in [0, 0.05) is 36.1 Å². The van der Waals surface area contributed by atoms with Crippen LogP contribution >= 0.6 is 11.6 Å². The van der Waals surface area contributed by atoms with Gasteiger partial charge in [0.2, 0.25) is 0 Å². The highest BCUT2D eigenvalue weighted by molar-refractivity contribution is 6.46. The number of hydrogen-bond donors (Lipinski definition) is 1. The fraction of sp³-hybridized carbons (Fsp3) is 0.318. The normalized spacial score (nSPS) is 18.6. The molecule has 1 amide bonds. The number of halogens is 1. The zero-order chi connectivity index (χ0) is 21.0. The summed E-state index contributed by atoms with van der Waals surface area (Å²) in [5, 5.41) is 11.5. The van der Waals surface area contributed by atoms with Crippen molar-refractivity contribution in [3.05, 3.63) is 70.5 Å². The predicted molar refractivity (Wildman–Crippen MR) is 112 cm³/mol. The van der Waals surface area contributed by atoms with Crippen molar-refractivity contribution in [1.29, 1.82) is 0 Å². The molecule has 152 valence electrons. The zero-order valence-corrected chi connectivity index (χ0v) is 17.3. The van der Waals surface area contributed by atoms with Crippen LogP contribution in [0.5, 0.6) is 0 Å². The summed E-state index contributed by atoms with van der Waals surface area (Å²) >= 11 is 6.02. The van der Waals surface area contributed by atoms with Crippen LogP contribution in [0.15, 0.2) is 54.4 Å². The number of pyridine rings is 1. The Kier molecular flexibility index (Phi) is 6.67. The van der Waals surface area contributed by atoms with Crippen LogP contribution in [0.25, 0.3) is 5.76 Å². The van der Waals surface area contributed by atoms with Gasteiger partial charge in [-0.05, 0) is 42.9 Å². The molecule has 0 radical (unpaired) electrons. The third-order valence-electron chi connectivity index (χ3n) is 5.23. The second-order valence-electron chi connectivity index (χ2n) is 6.81. The number of carbonyl (C=O) groups is 2. The lowest BCUT2D eigenvalue weighted by molar-refractivity contribution is -0.140. The van der Waals surface area contributed by atoms with E-state index in [1.807, 2.05) is 0 Å². The summed E-state index contributed by atoms with van der Waals surface area (Å²) in [4.78, 5) is 33.4. The molecule has 1 aliphatic heterocycles. The number of likely N-dealkylation sites (tertiary alicyclic amines) is 1. The average molecular weight is 414 g/mol. The van der Waals surface area contributed by atoms with Crippen LogP contribution in [-0.4, -0.2) is 57.8 Å². The van der Waals surface area contributed by atoms with Gasteiger partial charge in [-0.1, -0.05) is 37.6 Å². The van der Waals surface area contributed by atoms with E-state index in [9.17, 15) is 14.7 Å². The van der Waals surface area contributed by atoms with Crippen molar-refractivity contribution in [2.45, 2.75) is 19.9 Å². The third-order valence-corrected chi connectivity index (χ3v) is 5.48. The summed E-state index contributed by atoms with van der Waals surface area (Å²) in [6.07, 6.45) is 3.06. The summed E-state index contributed by atoms with van der Waals surface area (Å²) in [7, 11) is 0. The molecule has 0 saturated carbocycles. The van der Waals surface area contributed by atoms with Gasteiger partial charge >= 0.3 is 0 Å². The lowest BCUT2D eigenvalue weighted by Gasteiger charge is -2.28. The van der Waals surface area contributed by atoms with Gasteiger partial charge in [-0.15, -0.1) is 0 Å². The molecule has 7 heteroatoms. The second kappa shape index (κ2) is 9.20. The molecule has 1 atom stereocenters. The van der Waals surface area contributed by atoms with Crippen LogP contribution in [0, 0.1) is 0 Å². The molecule has 1 aliphatic rings. The van der Waals surface area contributed by atoms with Gasteiger partial charge < -0.3 is 14.9 Å². The van der Waals surface area contributed by atoms with Gasteiger partial charge in [0.1, 0.15) is 5.76 Å². The largest absolute Gasteiger partial charge is 0.507 e. The first-order valence-corrected chi connectivity index (χ1v) is 10.0. The molecule has 29 heavy (non-hydrogen) atoms. The molecule has 2 heterocycles. The lowest BCUT2D eigenvalue weighted by atomic mass is 9.95. The molecule has 1 aromatic carbocycles. The van der Waals surface area contributed by atoms with E-state index in [1.54, 1.807) is 36.4 Å². The Morgan fingerprint density at radius 3 is 2.31 bits per heavy atom. The van der Waals surface area contributed by atoms with E-state index in [4.69, 9.17) is 11.6 Å². The summed E-state index contributed by atoms with van der Waals surface area (Å²) in [5.74, 6) is -1.48. The average Bonchev–Trinajstić information content (AvgIpc) is 3.00. The lowest BCUT2D eigenvalue weighted by Crippen LogP contribution is -2.38. The second-order valence-corrected chi connectivity index (χ2v) is 7.24. The number of hydrogen-bond acceptors (Lipinski definition) is 5. The number of aromatic nitrogens is 1. The first-order valence-electron chi connectivity index (χ1n) is 9.64. The van der Waals surface area contributed by atoms with Crippen LogP contribution in [0.4, 0.5) is 0 Å². The van der Waals surface area contributed by atoms with Gasteiger partial charge in [-0.3, -0.25) is 14.6 Å². The monoisotopic (exact) mass is 413 g/mol. The minimum Gasteiger partial charge on any atom is -0.507 e. The molecule has 1 saturated heterocycles. The molecule has 1 fully saturated rings. The molecule has 6 nitrogen and oxygen atoms in total. The summed E-state index contributed by atoms with van der Waals surface area (Å²) in [6, 6.07) is 9.54. The van der Waals surface area contributed by atoms with Gasteiger partial charge in [0.15, 0.2) is 0 Å². The minimum atomic E-state index is -0.682. The first kappa shape index (κ1) is 21.0. The number of likely N-dealkylation sites (N-methyl/N-ethyl adjacent to an activating group) is 1. The zero-order valence-electron chi connectivity index (χ0n) is 16.5. The number of aliphatic hydroxyl groups is 1. The van der Waals surface area contributed by atoms with E-state index in [2.05, 4.69) is 23.7 Å². The van der Waals surface area contributed by atoms with Crippen molar-refractivity contribution in [1.82, 2.24) is 14.8 Å². The Labute approximate surface area is 175 Å². The van der Waals surface area contributed by atoms with Crippen LogP contribution in [0.1, 0.15) is 31.0 Å². The predicted octanol–water partition coefficient (Wildman–Crippen LogP) is 3.50. The van der Waals surface area contributed by atoms with E-state index >= 15 is 0 Å². The number of benzene rings is 1. The Morgan fingerprint density at radius 1 is 1.10 bits per heavy atom. The molecule has 0 unspecified atom stereocenters. The number of nitrogens with zero attached hydrogens (tertiary/aromatic N) is 3. The molecule has 1 N–H and O–H groups in total. The number of Topliss-reactive ketones (excluding diaryl/α,β-unsaturated/α-hetero) is 1. The Morgan fingerprint density at radius 2 is 1.72 bits per heavy atom. The highest BCUT2D eigenvalue weighted by Gasteiger charge is 2.45. The topological polar surface area (TPSA) is 73.7 Å². The van der Waals surface area contributed by atoms with Crippen molar-refractivity contribution in [2.75, 3.05) is 26.2 Å². The third kappa shape index (κ3) is 4.33. The van der Waals surface area contributed by atoms with Gasteiger partial charge in [-0.2, -0.15) is 0 Å². The highest BCUT2D eigenvalue weighted by Crippen LogP contribution is 2.39. The fourth-order valence-corrected chi connectivity index (χ4v) is 3.68. The van der Waals surface area contributed by atoms with Crippen molar-refractivity contribution < 1.29 is 14.7 Å². The molecule has 0 aliphatic carbocycles. The van der Waals surface area contributed by atoms with E-state index in [0.717, 1.165) is 18.7 Å². The molecule has 0 spiro atoms. The molecule has 0 bridgehead atoms. The Balaban J connectivity index is 2.07. The van der Waals surface area contributed by atoms with Crippen LogP contribution < -0.4 is 0 Å². The number of ketones is 1. The Bertz CT molecular complexity index is 909. The number of rotatable bonds is 7. The van der Waals surface area contributed by atoms with Crippen molar-refractivity contribution >= 4 is 29.1 Å². The maximum atomic E-state index is 12.9. The molecule has 3 rings (SSSR count). The van der Waals surface area contributed by atoms with E-state index in [1.165, 1.54) is 17.3 Å². The molecular weight excluding hydrogens is 390 g/mol.